The molecule has 2 rings (SSSR count). The molecule has 0 radical (unpaired) electrons. The smallest absolute Gasteiger partial charge is 0.397 e. The molecule has 1 aliphatic rings. The second-order valence-electron chi connectivity index (χ2n) is 14.8. The van der Waals surface area contributed by atoms with Gasteiger partial charge < -0.3 is 57.2 Å². The van der Waals surface area contributed by atoms with Crippen LogP contribution in [0.5, 0.6) is 5.75 Å². The van der Waals surface area contributed by atoms with Gasteiger partial charge in [-0.2, -0.15) is 8.42 Å². The van der Waals surface area contributed by atoms with Gasteiger partial charge in [0.25, 0.3) is 0 Å². The molecule has 0 fully saturated rings. The predicted octanol–water partition coefficient (Wildman–Crippen LogP) is 6.93. The molecule has 1 aliphatic heterocycles. The summed E-state index contributed by atoms with van der Waals surface area (Å²) >= 11 is 0. The molecule has 378 valence electrons. The van der Waals surface area contributed by atoms with Gasteiger partial charge in [0.1, 0.15) is 19.0 Å². The van der Waals surface area contributed by atoms with Gasteiger partial charge in [0.2, 0.25) is 0 Å². The van der Waals surface area contributed by atoms with Crippen molar-refractivity contribution in [2.75, 3.05) is 139 Å². The highest BCUT2D eigenvalue weighted by Crippen LogP contribution is 2.17. The van der Waals surface area contributed by atoms with Crippen molar-refractivity contribution in [1.82, 2.24) is 0 Å². The number of para-hydroxylation sites is 1. The lowest BCUT2D eigenvalue weighted by Gasteiger charge is -2.23. The quantitative estimate of drug-likeness (QED) is 0.0388. The predicted molar refractivity (Wildman–Crippen MR) is 248 cm³/mol. The molecular weight excluding hydrogens is 855 g/mol. The molecule has 2 unspecified atom stereocenters. The average molecular weight is 942 g/mol. The lowest BCUT2D eigenvalue weighted by molar-refractivity contribution is -0.226. The van der Waals surface area contributed by atoms with Crippen molar-refractivity contribution in [2.45, 2.75) is 116 Å². The number of rotatable bonds is 43. The Balaban J connectivity index is 0.00000141. The van der Waals surface area contributed by atoms with Crippen molar-refractivity contribution in [3.05, 3.63) is 30.3 Å². The Bertz CT molecular complexity index is 1220. The van der Waals surface area contributed by atoms with Crippen LogP contribution in [0.1, 0.15) is 104 Å². The van der Waals surface area contributed by atoms with Crippen LogP contribution in [0.4, 0.5) is 0 Å². The van der Waals surface area contributed by atoms with E-state index in [-0.39, 0.29) is 13.2 Å². The van der Waals surface area contributed by atoms with E-state index in [0.717, 1.165) is 12.9 Å². The summed E-state index contributed by atoms with van der Waals surface area (Å²) in [5.41, 5.74) is 0. The van der Waals surface area contributed by atoms with E-state index >= 15 is 0 Å². The van der Waals surface area contributed by atoms with E-state index in [2.05, 4.69) is 22.3 Å². The molecule has 0 amide bonds. The summed E-state index contributed by atoms with van der Waals surface area (Å²) in [6, 6.07) is 10.3. The highest BCUT2D eigenvalue weighted by Gasteiger charge is 2.21. The van der Waals surface area contributed by atoms with Crippen molar-refractivity contribution in [3.8, 4) is 5.75 Å². The van der Waals surface area contributed by atoms with Crippen LogP contribution in [0.2, 0.25) is 0 Å². The third-order valence-corrected chi connectivity index (χ3v) is 9.52. The third-order valence-electron chi connectivity index (χ3n) is 9.10. The zero-order chi connectivity index (χ0) is 46.9. The minimum atomic E-state index is -4.16. The summed E-state index contributed by atoms with van der Waals surface area (Å²) in [5.74, 6) is -0.565. The molecule has 17 nitrogen and oxygen atoms in total. The van der Waals surface area contributed by atoms with Crippen molar-refractivity contribution in [2.24, 2.45) is 4.99 Å². The fraction of sp³-hybridized carbons (Fsp3) is 0.848. The van der Waals surface area contributed by atoms with Gasteiger partial charge >= 0.3 is 10.4 Å². The number of hydrogen-bond donors (Lipinski definition) is 2. The summed E-state index contributed by atoms with van der Waals surface area (Å²) in [6.07, 6.45) is 20.3. The monoisotopic (exact) mass is 942 g/mol. The van der Waals surface area contributed by atoms with E-state index in [1.165, 1.54) is 83.5 Å². The SMILES string of the molecule is CCCCCCCCCCCC1CCCC=N1.CCOCCOCCOCCOCCOC(C)(O)COCCOCCOCCOCCOCCOc1ccccc1.COS(=O)(=O)O. The summed E-state index contributed by atoms with van der Waals surface area (Å²) in [7, 11) is -3.29. The molecule has 2 atom stereocenters. The number of hydrogen-bond acceptors (Lipinski definition) is 16. The Morgan fingerprint density at radius 3 is 1.47 bits per heavy atom. The summed E-state index contributed by atoms with van der Waals surface area (Å²) in [5, 5.41) is 10.2. The maximum absolute atomic E-state index is 10.2. The highest BCUT2D eigenvalue weighted by atomic mass is 32.3. The van der Waals surface area contributed by atoms with Gasteiger partial charge in [-0.1, -0.05) is 82.9 Å². The minimum absolute atomic E-state index is 0.0281. The number of aliphatic hydroxyl groups is 1. The topological polar surface area (TPSA) is 198 Å². The molecule has 18 heteroatoms. The molecule has 0 bridgehead atoms. The van der Waals surface area contributed by atoms with E-state index < -0.39 is 16.2 Å². The van der Waals surface area contributed by atoms with Gasteiger partial charge in [-0.3, -0.25) is 13.7 Å². The van der Waals surface area contributed by atoms with Crippen LogP contribution in [0.15, 0.2) is 35.3 Å². The standard InChI is InChI=1S/C29H52O12.C16H31N.CH4O4S/c1-3-31-9-10-32-11-12-35-18-20-38-24-26-41-29(2,30)27-39-22-21-36-16-15-33-13-14-34-17-19-37-23-25-40-28-7-5-4-6-8-28;1-2-3-4-5-6-7-8-9-10-13-16-14-11-12-15-17-16;1-5-6(2,3)4/h4-8,30H,3,9-27H2,1-2H3;15-16H,2-14H2,1H3;1H3,(H,2,3,4). The van der Waals surface area contributed by atoms with E-state index in [4.69, 9.17) is 56.7 Å². The van der Waals surface area contributed by atoms with E-state index in [0.29, 0.717) is 125 Å². The molecule has 64 heavy (non-hydrogen) atoms. The summed E-state index contributed by atoms with van der Waals surface area (Å²) in [4.78, 5) is 4.57. The molecule has 2 N–H and O–H groups in total. The highest BCUT2D eigenvalue weighted by molar-refractivity contribution is 7.80. The first-order chi connectivity index (χ1) is 31.1. The van der Waals surface area contributed by atoms with Gasteiger partial charge in [0.05, 0.1) is 119 Å². The van der Waals surface area contributed by atoms with Crippen LogP contribution < -0.4 is 4.74 Å². The number of benzene rings is 1. The Labute approximate surface area is 386 Å². The first-order valence-corrected chi connectivity index (χ1v) is 24.8. The average Bonchev–Trinajstić information content (AvgIpc) is 3.29. The largest absolute Gasteiger partial charge is 0.491 e. The van der Waals surface area contributed by atoms with Crippen LogP contribution in [0, 0.1) is 0 Å². The van der Waals surface area contributed by atoms with Crippen molar-refractivity contribution < 1.29 is 74.4 Å². The normalized spacial score (nSPS) is 14.6. The molecule has 0 saturated heterocycles. The molecule has 0 aliphatic carbocycles. The maximum atomic E-state index is 10.2. The molecule has 1 heterocycles. The van der Waals surface area contributed by atoms with Crippen molar-refractivity contribution in [1.29, 1.82) is 0 Å². The van der Waals surface area contributed by atoms with Crippen LogP contribution in [-0.2, 0) is 62.0 Å². The Morgan fingerprint density at radius 1 is 0.609 bits per heavy atom. The third kappa shape index (κ3) is 49.6. The molecule has 0 saturated carbocycles. The number of nitrogens with zero attached hydrogens (tertiary/aromatic N) is 1. The summed E-state index contributed by atoms with van der Waals surface area (Å²) < 4.78 is 89.3. The fourth-order valence-electron chi connectivity index (χ4n) is 5.69. The first kappa shape index (κ1) is 62.1. The van der Waals surface area contributed by atoms with Gasteiger partial charge in [-0.15, -0.1) is 0 Å². The van der Waals surface area contributed by atoms with Crippen LogP contribution >= 0.6 is 0 Å². The van der Waals surface area contributed by atoms with E-state index in [9.17, 15) is 13.5 Å². The Hall–Kier alpha value is -1.88. The lowest BCUT2D eigenvalue weighted by Crippen LogP contribution is -2.35. The zero-order valence-electron chi connectivity index (χ0n) is 39.8. The molecule has 0 spiro atoms. The molecular formula is C46H87NO16S. The van der Waals surface area contributed by atoms with Crippen LogP contribution in [0.3, 0.4) is 0 Å². The maximum Gasteiger partial charge on any atom is 0.397 e. The van der Waals surface area contributed by atoms with Gasteiger partial charge in [0, 0.05) is 12.6 Å². The lowest BCUT2D eigenvalue weighted by atomic mass is 10.00. The first-order valence-electron chi connectivity index (χ1n) is 23.4. The second-order valence-corrected chi connectivity index (χ2v) is 16.0. The van der Waals surface area contributed by atoms with Crippen molar-refractivity contribution in [3.63, 3.8) is 0 Å². The number of ether oxygens (including phenoxy) is 11. The second kappa shape index (κ2) is 47.6. The van der Waals surface area contributed by atoms with Gasteiger partial charge in [-0.25, -0.2) is 0 Å². The minimum Gasteiger partial charge on any atom is -0.491 e. The summed E-state index contributed by atoms with van der Waals surface area (Å²) in [6.45, 7) is 14.8. The van der Waals surface area contributed by atoms with Gasteiger partial charge in [0.15, 0.2) is 5.79 Å². The van der Waals surface area contributed by atoms with Crippen molar-refractivity contribution >= 4 is 16.6 Å². The molecule has 1 aromatic rings. The van der Waals surface area contributed by atoms with E-state index in [1.807, 2.05) is 37.3 Å². The van der Waals surface area contributed by atoms with E-state index in [1.54, 1.807) is 6.92 Å². The molecule has 0 aromatic heterocycles. The Morgan fingerprint density at radius 2 is 1.03 bits per heavy atom. The van der Waals surface area contributed by atoms with Crippen LogP contribution in [-0.4, -0.2) is 175 Å². The Kier molecular flexibility index (Phi) is 46.2. The fourth-order valence-corrected chi connectivity index (χ4v) is 5.69. The molecule has 1 aromatic carbocycles. The number of unbranched alkanes of at least 4 members (excludes halogenated alkanes) is 8. The zero-order valence-corrected chi connectivity index (χ0v) is 40.7. The number of aliphatic imine (C=N–C) groups is 1. The van der Waals surface area contributed by atoms with Crippen LogP contribution in [0.25, 0.3) is 0 Å². The van der Waals surface area contributed by atoms with Gasteiger partial charge in [-0.05, 0) is 57.9 Å².